The van der Waals surface area contributed by atoms with Crippen molar-refractivity contribution in [3.63, 3.8) is 0 Å². The van der Waals surface area contributed by atoms with Crippen molar-refractivity contribution >= 4 is 16.9 Å². The maximum atomic E-state index is 12.8. The summed E-state index contributed by atoms with van der Waals surface area (Å²) < 4.78 is 5.85. The van der Waals surface area contributed by atoms with Gasteiger partial charge in [0.15, 0.2) is 0 Å². The molecule has 122 valence electrons. The van der Waals surface area contributed by atoms with Crippen molar-refractivity contribution in [3.05, 3.63) is 48.7 Å². The maximum Gasteiger partial charge on any atom is 0.254 e. The van der Waals surface area contributed by atoms with Crippen molar-refractivity contribution < 1.29 is 9.53 Å². The number of benzene rings is 1. The van der Waals surface area contributed by atoms with Crippen molar-refractivity contribution in [2.45, 2.75) is 18.9 Å². The number of likely N-dealkylation sites (tertiary alicyclic amines) is 1. The molecule has 1 aliphatic rings. The van der Waals surface area contributed by atoms with Gasteiger partial charge < -0.3 is 14.6 Å². The van der Waals surface area contributed by atoms with Crippen LogP contribution < -0.4 is 4.74 Å². The molecule has 7 heteroatoms. The third kappa shape index (κ3) is 2.92. The lowest BCUT2D eigenvalue weighted by Gasteiger charge is -2.32. The number of hydrogen-bond donors (Lipinski definition) is 1. The summed E-state index contributed by atoms with van der Waals surface area (Å²) in [6, 6.07) is 5.52. The Morgan fingerprint density at radius 2 is 2.25 bits per heavy atom. The van der Waals surface area contributed by atoms with Crippen LogP contribution in [0.25, 0.3) is 11.0 Å². The number of piperidine rings is 1. The van der Waals surface area contributed by atoms with Crippen LogP contribution in [0.3, 0.4) is 0 Å². The Hall–Kier alpha value is -2.96. The molecule has 1 saturated heterocycles. The summed E-state index contributed by atoms with van der Waals surface area (Å²) >= 11 is 0. The van der Waals surface area contributed by atoms with Crippen LogP contribution in [0.15, 0.2) is 43.1 Å². The molecule has 0 aliphatic carbocycles. The number of amides is 1. The molecule has 2 aromatic heterocycles. The molecule has 1 N–H and O–H groups in total. The first-order chi connectivity index (χ1) is 11.8. The van der Waals surface area contributed by atoms with Gasteiger partial charge in [-0.2, -0.15) is 0 Å². The van der Waals surface area contributed by atoms with Gasteiger partial charge in [0.05, 0.1) is 30.1 Å². The van der Waals surface area contributed by atoms with Crippen LogP contribution in [-0.4, -0.2) is 49.9 Å². The SMILES string of the molecule is O=C(c1ccc2nc[nH]c2c1)N1CCC[C@H](Oc2cnccn2)C1. The molecule has 0 saturated carbocycles. The Kier molecular flexibility index (Phi) is 3.82. The lowest BCUT2D eigenvalue weighted by atomic mass is 10.1. The second-order valence-electron chi connectivity index (χ2n) is 5.81. The van der Waals surface area contributed by atoms with Gasteiger partial charge in [0.2, 0.25) is 5.88 Å². The second kappa shape index (κ2) is 6.27. The molecule has 1 amide bonds. The molecule has 24 heavy (non-hydrogen) atoms. The van der Waals surface area contributed by atoms with Crippen LogP contribution in [0.5, 0.6) is 5.88 Å². The Bertz CT molecular complexity index is 848. The van der Waals surface area contributed by atoms with Crippen molar-refractivity contribution in [2.24, 2.45) is 0 Å². The van der Waals surface area contributed by atoms with E-state index in [1.165, 1.54) is 0 Å². The van der Waals surface area contributed by atoms with E-state index in [0.717, 1.165) is 30.4 Å². The molecule has 3 heterocycles. The van der Waals surface area contributed by atoms with Gasteiger partial charge in [-0.1, -0.05) is 0 Å². The molecular weight excluding hydrogens is 306 g/mol. The van der Waals surface area contributed by atoms with Gasteiger partial charge in [0, 0.05) is 24.5 Å². The molecule has 1 atom stereocenters. The van der Waals surface area contributed by atoms with E-state index in [1.807, 2.05) is 23.1 Å². The van der Waals surface area contributed by atoms with E-state index in [0.29, 0.717) is 18.0 Å². The van der Waals surface area contributed by atoms with Crippen LogP contribution in [0, 0.1) is 0 Å². The highest BCUT2D eigenvalue weighted by Gasteiger charge is 2.26. The lowest BCUT2D eigenvalue weighted by molar-refractivity contribution is 0.0527. The third-order valence-corrected chi connectivity index (χ3v) is 4.16. The van der Waals surface area contributed by atoms with Gasteiger partial charge in [0.25, 0.3) is 5.91 Å². The monoisotopic (exact) mass is 323 g/mol. The van der Waals surface area contributed by atoms with Gasteiger partial charge in [-0.25, -0.2) is 9.97 Å². The van der Waals surface area contributed by atoms with Gasteiger partial charge in [-0.15, -0.1) is 0 Å². The predicted octanol–water partition coefficient (Wildman–Crippen LogP) is 2.04. The summed E-state index contributed by atoms with van der Waals surface area (Å²) in [4.78, 5) is 29.9. The smallest absolute Gasteiger partial charge is 0.254 e. The fraction of sp³-hybridized carbons (Fsp3) is 0.294. The number of H-pyrrole nitrogens is 1. The fourth-order valence-electron chi connectivity index (χ4n) is 2.99. The topological polar surface area (TPSA) is 84.0 Å². The van der Waals surface area contributed by atoms with Crippen molar-refractivity contribution in [3.8, 4) is 5.88 Å². The largest absolute Gasteiger partial charge is 0.471 e. The number of aromatic amines is 1. The highest BCUT2D eigenvalue weighted by Crippen LogP contribution is 2.19. The standard InChI is InChI=1S/C17H17N5O2/c23-17(12-3-4-14-15(8-12)21-11-20-14)22-7-1-2-13(10-22)24-16-9-18-5-6-19-16/h3-6,8-9,11,13H,1-2,7,10H2,(H,20,21)/t13-/m0/s1. The number of nitrogens with one attached hydrogen (secondary N) is 1. The normalized spacial score (nSPS) is 17.8. The number of rotatable bonds is 3. The first kappa shape index (κ1) is 14.6. The molecule has 1 aromatic carbocycles. The number of ether oxygens (including phenoxy) is 1. The number of nitrogens with zero attached hydrogens (tertiary/aromatic N) is 4. The summed E-state index contributed by atoms with van der Waals surface area (Å²) in [5, 5.41) is 0. The van der Waals surface area contributed by atoms with E-state index in [1.54, 1.807) is 24.9 Å². The molecule has 0 bridgehead atoms. The Labute approximate surface area is 138 Å². The lowest BCUT2D eigenvalue weighted by Crippen LogP contribution is -2.44. The molecule has 0 spiro atoms. The van der Waals surface area contributed by atoms with Gasteiger partial charge in [-0.3, -0.25) is 9.78 Å². The van der Waals surface area contributed by atoms with E-state index in [2.05, 4.69) is 19.9 Å². The third-order valence-electron chi connectivity index (χ3n) is 4.16. The molecule has 1 aliphatic heterocycles. The summed E-state index contributed by atoms with van der Waals surface area (Å²) in [5.74, 6) is 0.509. The van der Waals surface area contributed by atoms with E-state index < -0.39 is 0 Å². The van der Waals surface area contributed by atoms with Gasteiger partial charge >= 0.3 is 0 Å². The minimum atomic E-state index is -0.0599. The van der Waals surface area contributed by atoms with E-state index >= 15 is 0 Å². The molecule has 1 fully saturated rings. The number of imidazole rings is 1. The van der Waals surface area contributed by atoms with Crippen LogP contribution >= 0.6 is 0 Å². The molecule has 7 nitrogen and oxygen atoms in total. The molecule has 0 unspecified atom stereocenters. The predicted molar refractivity (Wildman–Crippen MR) is 87.7 cm³/mol. The number of aromatic nitrogens is 4. The van der Waals surface area contributed by atoms with Crippen LogP contribution in [0.2, 0.25) is 0 Å². The minimum Gasteiger partial charge on any atom is -0.471 e. The van der Waals surface area contributed by atoms with E-state index in [-0.39, 0.29) is 12.0 Å². The number of hydrogen-bond acceptors (Lipinski definition) is 5. The molecule has 4 rings (SSSR count). The summed E-state index contributed by atoms with van der Waals surface area (Å²) in [7, 11) is 0. The maximum absolute atomic E-state index is 12.8. The zero-order chi connectivity index (χ0) is 16.4. The number of carbonyl (C=O) groups excluding carboxylic acids is 1. The van der Waals surface area contributed by atoms with E-state index in [4.69, 9.17) is 4.74 Å². The van der Waals surface area contributed by atoms with Crippen LogP contribution in [0.4, 0.5) is 0 Å². The van der Waals surface area contributed by atoms with Gasteiger partial charge in [-0.05, 0) is 31.0 Å². The Morgan fingerprint density at radius 3 is 3.12 bits per heavy atom. The zero-order valence-corrected chi connectivity index (χ0v) is 13.1. The molecule has 3 aromatic rings. The Balaban J connectivity index is 1.47. The first-order valence-electron chi connectivity index (χ1n) is 7.95. The quantitative estimate of drug-likeness (QED) is 0.797. The number of fused-ring (bicyclic) bond motifs is 1. The average molecular weight is 323 g/mol. The summed E-state index contributed by atoms with van der Waals surface area (Å²) in [5.41, 5.74) is 2.38. The van der Waals surface area contributed by atoms with Gasteiger partial charge in [0.1, 0.15) is 6.10 Å². The zero-order valence-electron chi connectivity index (χ0n) is 13.1. The fourth-order valence-corrected chi connectivity index (χ4v) is 2.99. The summed E-state index contributed by atoms with van der Waals surface area (Å²) in [6.07, 6.45) is 8.17. The minimum absolute atomic E-state index is 0.0129. The highest BCUT2D eigenvalue weighted by molar-refractivity contribution is 5.97. The molecule has 0 radical (unpaired) electrons. The first-order valence-corrected chi connectivity index (χ1v) is 7.95. The van der Waals surface area contributed by atoms with Crippen LogP contribution in [-0.2, 0) is 0 Å². The second-order valence-corrected chi connectivity index (χ2v) is 5.81. The van der Waals surface area contributed by atoms with Crippen molar-refractivity contribution in [1.29, 1.82) is 0 Å². The van der Waals surface area contributed by atoms with Crippen LogP contribution in [0.1, 0.15) is 23.2 Å². The number of carbonyl (C=O) groups is 1. The van der Waals surface area contributed by atoms with E-state index in [9.17, 15) is 4.79 Å². The Morgan fingerprint density at radius 1 is 1.29 bits per heavy atom. The average Bonchev–Trinajstić information content (AvgIpc) is 3.10. The molecular formula is C17H17N5O2. The highest BCUT2D eigenvalue weighted by atomic mass is 16.5. The van der Waals surface area contributed by atoms with Crippen molar-refractivity contribution in [2.75, 3.05) is 13.1 Å². The van der Waals surface area contributed by atoms with Crippen molar-refractivity contribution in [1.82, 2.24) is 24.8 Å². The summed E-state index contributed by atoms with van der Waals surface area (Å²) in [6.45, 7) is 1.29.